The third kappa shape index (κ3) is 3.71. The quantitative estimate of drug-likeness (QED) is 0.883. The van der Waals surface area contributed by atoms with Crippen LogP contribution in [0.1, 0.15) is 30.5 Å². The number of anilines is 1. The molecule has 132 valence electrons. The van der Waals surface area contributed by atoms with Crippen molar-refractivity contribution < 1.29 is 14.3 Å². The minimum Gasteiger partial charge on any atom is -0.486 e. The largest absolute Gasteiger partial charge is 0.486 e. The second-order valence-electron chi connectivity index (χ2n) is 6.81. The summed E-state index contributed by atoms with van der Waals surface area (Å²) >= 11 is 0. The Bertz CT molecular complexity index is 800. The van der Waals surface area contributed by atoms with Crippen LogP contribution in [0.2, 0.25) is 0 Å². The lowest BCUT2D eigenvalue weighted by molar-refractivity contribution is 0.171. The van der Waals surface area contributed by atoms with Gasteiger partial charge in [0.2, 0.25) is 0 Å². The maximum atomic E-state index is 12.5. The van der Waals surface area contributed by atoms with Gasteiger partial charge in [-0.2, -0.15) is 0 Å². The predicted octanol–water partition coefficient (Wildman–Crippen LogP) is 4.13. The normalized spacial score (nSPS) is 13.3. The van der Waals surface area contributed by atoms with E-state index in [-0.39, 0.29) is 6.03 Å². The van der Waals surface area contributed by atoms with Gasteiger partial charge in [0.1, 0.15) is 13.2 Å². The van der Waals surface area contributed by atoms with Crippen molar-refractivity contribution in [3.8, 4) is 11.5 Å². The van der Waals surface area contributed by atoms with Crippen molar-refractivity contribution in [2.75, 3.05) is 18.5 Å². The van der Waals surface area contributed by atoms with Crippen molar-refractivity contribution in [3.05, 3.63) is 53.1 Å². The van der Waals surface area contributed by atoms with Crippen molar-refractivity contribution in [1.82, 2.24) is 5.32 Å². The highest BCUT2D eigenvalue weighted by Gasteiger charge is 2.25. The molecule has 1 aliphatic heterocycles. The molecule has 3 rings (SSSR count). The van der Waals surface area contributed by atoms with Crippen LogP contribution in [0.3, 0.4) is 0 Å². The Morgan fingerprint density at radius 3 is 2.52 bits per heavy atom. The number of amides is 2. The summed E-state index contributed by atoms with van der Waals surface area (Å²) in [6.45, 7) is 9.04. The highest BCUT2D eigenvalue weighted by Crippen LogP contribution is 2.34. The van der Waals surface area contributed by atoms with Crippen LogP contribution in [-0.2, 0) is 5.54 Å². The van der Waals surface area contributed by atoms with Crippen molar-refractivity contribution in [2.45, 2.75) is 33.2 Å². The summed E-state index contributed by atoms with van der Waals surface area (Å²) in [5.74, 6) is 1.46. The number of rotatable bonds is 3. The third-order valence-corrected chi connectivity index (χ3v) is 4.54. The molecule has 2 aromatic rings. The summed E-state index contributed by atoms with van der Waals surface area (Å²) in [5.41, 5.74) is 3.42. The Morgan fingerprint density at radius 1 is 1.04 bits per heavy atom. The number of hydrogen-bond donors (Lipinski definition) is 2. The lowest BCUT2D eigenvalue weighted by Gasteiger charge is -2.29. The van der Waals surface area contributed by atoms with E-state index < -0.39 is 5.54 Å². The van der Waals surface area contributed by atoms with E-state index in [2.05, 4.69) is 10.6 Å². The zero-order chi connectivity index (χ0) is 18.0. The summed E-state index contributed by atoms with van der Waals surface area (Å²) in [6.07, 6.45) is 0. The second-order valence-corrected chi connectivity index (χ2v) is 6.81. The smallest absolute Gasteiger partial charge is 0.319 e. The van der Waals surface area contributed by atoms with Gasteiger partial charge in [0.05, 0.1) is 5.54 Å². The second kappa shape index (κ2) is 6.67. The van der Waals surface area contributed by atoms with E-state index in [9.17, 15) is 4.79 Å². The average Bonchev–Trinajstić information content (AvgIpc) is 2.58. The minimum atomic E-state index is -0.558. The first-order chi connectivity index (χ1) is 11.9. The van der Waals surface area contributed by atoms with E-state index >= 15 is 0 Å². The molecule has 0 radical (unpaired) electrons. The molecule has 5 heteroatoms. The monoisotopic (exact) mass is 340 g/mol. The highest BCUT2D eigenvalue weighted by molar-refractivity contribution is 5.90. The van der Waals surface area contributed by atoms with E-state index in [1.54, 1.807) is 0 Å². The van der Waals surface area contributed by atoms with Crippen LogP contribution in [0.15, 0.2) is 36.4 Å². The molecule has 0 aromatic heterocycles. The number of urea groups is 1. The molecule has 1 heterocycles. The first-order valence-electron chi connectivity index (χ1n) is 8.42. The summed E-state index contributed by atoms with van der Waals surface area (Å²) in [7, 11) is 0. The summed E-state index contributed by atoms with van der Waals surface area (Å²) < 4.78 is 11.2. The lowest BCUT2D eigenvalue weighted by atomic mass is 9.94. The number of hydrogen-bond acceptors (Lipinski definition) is 3. The molecule has 2 N–H and O–H groups in total. The van der Waals surface area contributed by atoms with Gasteiger partial charge >= 0.3 is 6.03 Å². The first-order valence-corrected chi connectivity index (χ1v) is 8.42. The van der Waals surface area contributed by atoms with Crippen LogP contribution in [0.5, 0.6) is 11.5 Å². The van der Waals surface area contributed by atoms with Crippen LogP contribution in [0, 0.1) is 13.8 Å². The van der Waals surface area contributed by atoms with Gasteiger partial charge in [-0.25, -0.2) is 4.79 Å². The Morgan fingerprint density at radius 2 is 1.76 bits per heavy atom. The molecule has 0 aliphatic carbocycles. The van der Waals surface area contributed by atoms with Gasteiger partial charge < -0.3 is 20.1 Å². The number of ether oxygens (including phenoxy) is 2. The Hall–Kier alpha value is -2.69. The van der Waals surface area contributed by atoms with Gasteiger partial charge in [0.15, 0.2) is 11.5 Å². The molecule has 25 heavy (non-hydrogen) atoms. The van der Waals surface area contributed by atoms with Gasteiger partial charge in [-0.15, -0.1) is 0 Å². The molecule has 1 aliphatic rings. The molecule has 5 nitrogen and oxygen atoms in total. The van der Waals surface area contributed by atoms with E-state index in [0.29, 0.717) is 19.0 Å². The van der Waals surface area contributed by atoms with Crippen LogP contribution < -0.4 is 20.1 Å². The fourth-order valence-corrected chi connectivity index (χ4v) is 2.83. The molecule has 2 aromatic carbocycles. The Balaban J connectivity index is 1.74. The Labute approximate surface area is 148 Å². The SMILES string of the molecule is Cc1cccc(NC(=O)NC(C)(C)c2ccc3c(c2)OCCO3)c1C. The molecule has 0 saturated carbocycles. The van der Waals surface area contributed by atoms with Crippen molar-refractivity contribution in [3.63, 3.8) is 0 Å². The zero-order valence-electron chi connectivity index (χ0n) is 15.1. The summed E-state index contributed by atoms with van der Waals surface area (Å²) in [4.78, 5) is 12.5. The number of benzene rings is 2. The molecular weight excluding hydrogens is 316 g/mol. The molecule has 0 bridgehead atoms. The van der Waals surface area contributed by atoms with E-state index in [0.717, 1.165) is 28.1 Å². The van der Waals surface area contributed by atoms with Gasteiger partial charge in [0.25, 0.3) is 0 Å². The van der Waals surface area contributed by atoms with Crippen molar-refractivity contribution >= 4 is 11.7 Å². The predicted molar refractivity (Wildman–Crippen MR) is 98.5 cm³/mol. The van der Waals surface area contributed by atoms with Crippen LogP contribution in [-0.4, -0.2) is 19.2 Å². The fourth-order valence-electron chi connectivity index (χ4n) is 2.83. The van der Waals surface area contributed by atoms with Crippen molar-refractivity contribution in [1.29, 1.82) is 0 Å². The number of carbonyl (C=O) groups is 1. The summed E-state index contributed by atoms with van der Waals surface area (Å²) in [5, 5.41) is 5.96. The van der Waals surface area contributed by atoms with E-state index in [1.165, 1.54) is 0 Å². The molecule has 0 atom stereocenters. The molecule has 0 fully saturated rings. The maximum absolute atomic E-state index is 12.5. The minimum absolute atomic E-state index is 0.242. The zero-order valence-corrected chi connectivity index (χ0v) is 15.1. The van der Waals surface area contributed by atoms with Crippen LogP contribution >= 0.6 is 0 Å². The summed E-state index contributed by atoms with van der Waals surface area (Å²) in [6, 6.07) is 11.4. The van der Waals surface area contributed by atoms with E-state index in [4.69, 9.17) is 9.47 Å². The number of fused-ring (bicyclic) bond motifs is 1. The standard InChI is InChI=1S/C20H24N2O3/c1-13-6-5-7-16(14(13)2)21-19(23)22-20(3,4)15-8-9-17-18(12-15)25-11-10-24-17/h5-9,12H,10-11H2,1-4H3,(H2,21,22,23). The topological polar surface area (TPSA) is 59.6 Å². The molecular formula is C20H24N2O3. The molecule has 0 unspecified atom stereocenters. The molecule has 2 amide bonds. The van der Waals surface area contributed by atoms with Gasteiger partial charge in [-0.3, -0.25) is 0 Å². The first kappa shape index (κ1) is 17.1. The van der Waals surface area contributed by atoms with Gasteiger partial charge in [-0.05, 0) is 62.6 Å². The van der Waals surface area contributed by atoms with Crippen LogP contribution in [0.25, 0.3) is 0 Å². The highest BCUT2D eigenvalue weighted by atomic mass is 16.6. The lowest BCUT2D eigenvalue weighted by Crippen LogP contribution is -2.43. The maximum Gasteiger partial charge on any atom is 0.319 e. The van der Waals surface area contributed by atoms with Crippen LogP contribution in [0.4, 0.5) is 10.5 Å². The number of nitrogens with one attached hydrogen (secondary N) is 2. The number of carbonyl (C=O) groups excluding carboxylic acids is 1. The van der Waals surface area contributed by atoms with Gasteiger partial charge in [0, 0.05) is 5.69 Å². The molecule has 0 spiro atoms. The van der Waals surface area contributed by atoms with E-state index in [1.807, 2.05) is 64.1 Å². The number of aryl methyl sites for hydroxylation is 1. The third-order valence-electron chi connectivity index (χ3n) is 4.54. The average molecular weight is 340 g/mol. The van der Waals surface area contributed by atoms with Gasteiger partial charge in [-0.1, -0.05) is 18.2 Å². The fraction of sp³-hybridized carbons (Fsp3) is 0.350. The Kier molecular flexibility index (Phi) is 4.57. The molecule has 0 saturated heterocycles. The van der Waals surface area contributed by atoms with Crippen molar-refractivity contribution in [2.24, 2.45) is 0 Å².